The summed E-state index contributed by atoms with van der Waals surface area (Å²) < 4.78 is 0. The van der Waals surface area contributed by atoms with Gasteiger partial charge in [0.2, 0.25) is 0 Å². The highest BCUT2D eigenvalue weighted by Gasteiger charge is 2.29. The number of benzene rings is 1. The molecule has 41 heavy (non-hydrogen) atoms. The number of carbonyl (C=O) groups is 3. The van der Waals surface area contributed by atoms with E-state index in [9.17, 15) is 14.4 Å². The molecule has 1 aromatic heterocycles. The molecule has 0 saturated heterocycles. The molecule has 2 heterocycles. The minimum Gasteiger partial charge on any atom is -0.360 e. The molecule has 1 saturated carbocycles. The van der Waals surface area contributed by atoms with E-state index in [1.807, 2.05) is 30.0 Å². The van der Waals surface area contributed by atoms with Crippen LogP contribution in [-0.4, -0.2) is 53.7 Å². The summed E-state index contributed by atoms with van der Waals surface area (Å²) in [6, 6.07) is 6.94. The number of nitrogens with two attached hydrogens (primary N) is 2. The van der Waals surface area contributed by atoms with Gasteiger partial charge in [0.15, 0.2) is 0 Å². The highest BCUT2D eigenvalue weighted by Crippen LogP contribution is 2.42. The van der Waals surface area contributed by atoms with E-state index in [2.05, 4.69) is 50.6 Å². The SMILES string of the molecule is C=CC(N)C(C=O)N1CCCc2ccc(CNC(=O)c3cc(C4CCC(=C/CCNOC(N)=O)/C4=C\C)[nH]n3)cc21. The van der Waals surface area contributed by atoms with E-state index in [-0.39, 0.29) is 11.8 Å². The van der Waals surface area contributed by atoms with Gasteiger partial charge in [-0.15, -0.1) is 6.58 Å². The van der Waals surface area contributed by atoms with Crippen molar-refractivity contribution in [3.05, 3.63) is 82.7 Å². The Morgan fingerprint density at radius 2 is 2.15 bits per heavy atom. The van der Waals surface area contributed by atoms with Crippen LogP contribution >= 0.6 is 0 Å². The van der Waals surface area contributed by atoms with Gasteiger partial charge in [-0.25, -0.2) is 4.79 Å². The minimum atomic E-state index is -0.863. The van der Waals surface area contributed by atoms with Crippen LogP contribution in [0, 0.1) is 0 Å². The van der Waals surface area contributed by atoms with Crippen molar-refractivity contribution in [1.82, 2.24) is 21.0 Å². The molecule has 3 unspecified atom stereocenters. The van der Waals surface area contributed by atoms with Gasteiger partial charge < -0.3 is 31.3 Å². The Hall–Kier alpha value is -4.22. The topological polar surface area (TPSA) is 168 Å². The van der Waals surface area contributed by atoms with Crippen LogP contribution in [0.3, 0.4) is 0 Å². The zero-order chi connectivity index (χ0) is 29.4. The monoisotopic (exact) mass is 561 g/mol. The maximum atomic E-state index is 13.0. The molecular formula is C30H39N7O4. The summed E-state index contributed by atoms with van der Waals surface area (Å²) in [4.78, 5) is 42.1. The molecule has 1 aliphatic heterocycles. The molecule has 1 aromatic carbocycles. The highest BCUT2D eigenvalue weighted by molar-refractivity contribution is 5.92. The molecule has 1 fully saturated rings. The van der Waals surface area contributed by atoms with Crippen molar-refractivity contribution in [2.45, 2.75) is 63.6 Å². The van der Waals surface area contributed by atoms with Crippen LogP contribution < -0.4 is 27.2 Å². The molecule has 0 spiro atoms. The number of fused-ring (bicyclic) bond motifs is 1. The Balaban J connectivity index is 1.38. The van der Waals surface area contributed by atoms with Gasteiger partial charge in [-0.05, 0) is 73.4 Å². The number of amides is 2. The first-order valence-corrected chi connectivity index (χ1v) is 14.0. The molecule has 1 aliphatic carbocycles. The molecule has 0 bridgehead atoms. The molecule has 2 amide bonds. The van der Waals surface area contributed by atoms with Crippen molar-refractivity contribution < 1.29 is 19.2 Å². The lowest BCUT2D eigenvalue weighted by Crippen LogP contribution is -2.50. The predicted octanol–water partition coefficient (Wildman–Crippen LogP) is 2.91. The number of hydrogen-bond acceptors (Lipinski definition) is 8. The maximum Gasteiger partial charge on any atom is 0.423 e. The molecule has 11 heteroatoms. The number of aryl methyl sites for hydroxylation is 1. The lowest BCUT2D eigenvalue weighted by atomic mass is 9.96. The van der Waals surface area contributed by atoms with Crippen molar-refractivity contribution in [2.75, 3.05) is 18.0 Å². The van der Waals surface area contributed by atoms with Gasteiger partial charge in [0.05, 0.1) is 0 Å². The number of nitrogens with zero attached hydrogens (tertiary/aromatic N) is 2. The summed E-state index contributed by atoms with van der Waals surface area (Å²) in [7, 11) is 0. The number of carbonyl (C=O) groups excluding carboxylic acids is 3. The van der Waals surface area contributed by atoms with Gasteiger partial charge in [-0.2, -0.15) is 10.6 Å². The zero-order valence-corrected chi connectivity index (χ0v) is 23.4. The van der Waals surface area contributed by atoms with Crippen LogP contribution in [0.25, 0.3) is 0 Å². The molecule has 2 aliphatic rings. The summed E-state index contributed by atoms with van der Waals surface area (Å²) in [6.45, 7) is 7.27. The largest absolute Gasteiger partial charge is 0.423 e. The quantitative estimate of drug-likeness (QED) is 0.114. The highest BCUT2D eigenvalue weighted by atomic mass is 16.7. The second-order valence-corrected chi connectivity index (χ2v) is 10.3. The summed E-state index contributed by atoms with van der Waals surface area (Å²) in [6.07, 6.45) is 10.2. The van der Waals surface area contributed by atoms with Crippen molar-refractivity contribution in [3.63, 3.8) is 0 Å². The van der Waals surface area contributed by atoms with Crippen molar-refractivity contribution in [1.29, 1.82) is 0 Å². The zero-order valence-electron chi connectivity index (χ0n) is 23.4. The number of aromatic amines is 1. The van der Waals surface area contributed by atoms with Crippen LogP contribution in [-0.2, 0) is 22.6 Å². The third kappa shape index (κ3) is 7.11. The van der Waals surface area contributed by atoms with Crippen LogP contribution in [0.4, 0.5) is 10.5 Å². The minimum absolute atomic E-state index is 0.120. The number of allylic oxidation sites excluding steroid dienone is 3. The second kappa shape index (κ2) is 13.9. The second-order valence-electron chi connectivity index (χ2n) is 10.3. The summed E-state index contributed by atoms with van der Waals surface area (Å²) in [5, 5.41) is 10.3. The van der Waals surface area contributed by atoms with E-state index in [1.54, 1.807) is 6.08 Å². The van der Waals surface area contributed by atoms with Crippen LogP contribution in [0.5, 0.6) is 0 Å². The average molecular weight is 562 g/mol. The smallest absolute Gasteiger partial charge is 0.360 e. The van der Waals surface area contributed by atoms with E-state index in [0.717, 1.165) is 61.0 Å². The maximum absolute atomic E-state index is 13.0. The van der Waals surface area contributed by atoms with E-state index in [0.29, 0.717) is 25.2 Å². The first-order chi connectivity index (χ1) is 19.9. The van der Waals surface area contributed by atoms with Crippen molar-refractivity contribution >= 4 is 24.0 Å². The number of nitrogens with one attached hydrogen (secondary N) is 3. The van der Waals surface area contributed by atoms with E-state index in [4.69, 9.17) is 11.5 Å². The number of anilines is 1. The van der Waals surface area contributed by atoms with Gasteiger partial charge in [-0.1, -0.05) is 30.4 Å². The lowest BCUT2D eigenvalue weighted by molar-refractivity contribution is -0.109. The number of primary amides is 1. The summed E-state index contributed by atoms with van der Waals surface area (Å²) in [5.74, 6) is -0.146. The Morgan fingerprint density at radius 1 is 1.32 bits per heavy atom. The molecule has 3 atom stereocenters. The third-order valence-corrected chi connectivity index (χ3v) is 7.70. The fourth-order valence-electron chi connectivity index (χ4n) is 5.66. The van der Waals surface area contributed by atoms with Crippen LogP contribution in [0.2, 0.25) is 0 Å². The predicted molar refractivity (Wildman–Crippen MR) is 157 cm³/mol. The first-order valence-electron chi connectivity index (χ1n) is 14.0. The molecule has 0 radical (unpaired) electrons. The van der Waals surface area contributed by atoms with Gasteiger partial charge in [0.1, 0.15) is 18.0 Å². The number of aromatic nitrogens is 2. The molecular weight excluding hydrogens is 522 g/mol. The molecule has 4 rings (SSSR count). The summed E-state index contributed by atoms with van der Waals surface area (Å²) >= 11 is 0. The van der Waals surface area contributed by atoms with Gasteiger partial charge >= 0.3 is 6.09 Å². The Bertz CT molecular complexity index is 1330. The molecule has 7 N–H and O–H groups in total. The van der Waals surface area contributed by atoms with Crippen molar-refractivity contribution in [3.8, 4) is 0 Å². The number of aldehydes is 1. The van der Waals surface area contributed by atoms with Crippen LogP contribution in [0.15, 0.2) is 60.2 Å². The Kier molecular flexibility index (Phi) is 10.1. The standard InChI is InChI=1S/C30H39N7O4/c1-3-22-20(7-5-13-34-41-30(32)40)11-12-23(22)25-16-26(36-35-25)29(39)33-17-19-9-10-21-8-6-14-37(27(21)15-19)28(18-38)24(31)4-2/h3-4,7,9-10,15-16,18,23-24,28,34H,2,5-6,8,11-14,17,31H2,1H3,(H2,32,40)(H,33,39)(H,35,36)/b20-7-,22-3+. The van der Waals surface area contributed by atoms with Crippen LogP contribution in [0.1, 0.15) is 65.8 Å². The van der Waals surface area contributed by atoms with Crippen molar-refractivity contribution in [2.24, 2.45) is 11.5 Å². The molecule has 11 nitrogen and oxygen atoms in total. The average Bonchev–Trinajstić information content (AvgIpc) is 3.63. The fraction of sp³-hybridized carbons (Fsp3) is 0.400. The fourth-order valence-corrected chi connectivity index (χ4v) is 5.66. The number of rotatable bonds is 12. The molecule has 2 aromatic rings. The Morgan fingerprint density at radius 3 is 2.88 bits per heavy atom. The van der Waals surface area contributed by atoms with E-state index >= 15 is 0 Å². The van der Waals surface area contributed by atoms with E-state index < -0.39 is 18.2 Å². The number of H-pyrrole nitrogens is 1. The number of hydrogen-bond donors (Lipinski definition) is 5. The van der Waals surface area contributed by atoms with Gasteiger partial charge in [-0.3, -0.25) is 9.89 Å². The lowest BCUT2D eigenvalue weighted by Gasteiger charge is -2.37. The third-order valence-electron chi connectivity index (χ3n) is 7.70. The normalized spacial score (nSPS) is 20.0. The first kappa shape index (κ1) is 29.8. The number of hydroxylamine groups is 1. The van der Waals surface area contributed by atoms with Gasteiger partial charge in [0, 0.05) is 43.0 Å². The van der Waals surface area contributed by atoms with E-state index in [1.165, 1.54) is 11.1 Å². The van der Waals surface area contributed by atoms with Gasteiger partial charge in [0.25, 0.3) is 5.91 Å². The molecule has 218 valence electrons. The Labute approximate surface area is 240 Å². The summed E-state index contributed by atoms with van der Waals surface area (Å²) in [5.41, 5.74) is 20.3.